The van der Waals surface area contributed by atoms with Crippen LogP contribution in [-0.4, -0.2) is 23.9 Å². The minimum absolute atomic E-state index is 0. The largest absolute Gasteiger partial charge is 0.469 e. The molecule has 5 heteroatoms. The number of hydrogen-bond acceptors (Lipinski definition) is 4. The summed E-state index contributed by atoms with van der Waals surface area (Å²) in [6.07, 6.45) is 2.78. The maximum Gasteiger partial charge on any atom is 0.194 e. The lowest BCUT2D eigenvalue weighted by atomic mass is 9.88. The Kier molecular flexibility index (Phi) is 4.90. The van der Waals surface area contributed by atoms with Crippen LogP contribution >= 0.6 is 24.0 Å². The van der Waals surface area contributed by atoms with E-state index in [1.54, 1.807) is 6.26 Å². The molecule has 0 spiro atoms. The van der Waals surface area contributed by atoms with Crippen LogP contribution in [0.25, 0.3) is 0 Å². The second-order valence-electron chi connectivity index (χ2n) is 7.34. The van der Waals surface area contributed by atoms with E-state index >= 15 is 0 Å². The van der Waals surface area contributed by atoms with E-state index in [-0.39, 0.29) is 35.4 Å². The SMILES string of the molecule is CC1(C)Cc2occc2CN(C2=NCC(c3ccccc3)N2)C1.I. The van der Waals surface area contributed by atoms with Gasteiger partial charge in [0.15, 0.2) is 5.96 Å². The van der Waals surface area contributed by atoms with Gasteiger partial charge in [0.05, 0.1) is 18.8 Å². The first-order chi connectivity index (χ1) is 11.1. The molecule has 128 valence electrons. The Balaban J connectivity index is 0.00000169. The Hall–Kier alpha value is -1.50. The third-order valence-electron chi connectivity index (χ3n) is 4.69. The maximum atomic E-state index is 5.69. The highest BCUT2D eigenvalue weighted by molar-refractivity contribution is 14.0. The van der Waals surface area contributed by atoms with E-state index in [0.29, 0.717) is 0 Å². The van der Waals surface area contributed by atoms with E-state index in [4.69, 9.17) is 9.41 Å². The molecule has 3 heterocycles. The number of nitrogens with one attached hydrogen (secondary N) is 1. The van der Waals surface area contributed by atoms with Crippen LogP contribution in [0.1, 0.15) is 36.8 Å². The fourth-order valence-electron chi connectivity index (χ4n) is 3.57. The molecule has 1 N–H and O–H groups in total. The lowest BCUT2D eigenvalue weighted by Crippen LogP contribution is -2.43. The standard InChI is InChI=1S/C19H23N3O.HI/c1-19(2)10-17-15(8-9-23-17)12-22(13-19)18-20-11-16(21-18)14-6-4-3-5-7-14;/h3-9,16H,10-13H2,1-2H3,(H,20,21);1H. The van der Waals surface area contributed by atoms with E-state index < -0.39 is 0 Å². The minimum atomic E-state index is 0. The quantitative estimate of drug-likeness (QED) is 0.687. The van der Waals surface area contributed by atoms with Crippen molar-refractivity contribution in [3.05, 3.63) is 59.5 Å². The van der Waals surface area contributed by atoms with Crippen LogP contribution in [0.2, 0.25) is 0 Å². The van der Waals surface area contributed by atoms with Gasteiger partial charge in [-0.2, -0.15) is 0 Å². The summed E-state index contributed by atoms with van der Waals surface area (Å²) in [4.78, 5) is 7.15. The van der Waals surface area contributed by atoms with Gasteiger partial charge in [0.1, 0.15) is 5.76 Å². The molecule has 0 saturated carbocycles. The van der Waals surface area contributed by atoms with Crippen molar-refractivity contribution in [1.29, 1.82) is 0 Å². The topological polar surface area (TPSA) is 40.8 Å². The zero-order valence-electron chi connectivity index (χ0n) is 14.2. The minimum Gasteiger partial charge on any atom is -0.469 e. The summed E-state index contributed by atoms with van der Waals surface area (Å²) in [6, 6.07) is 12.9. The number of fused-ring (bicyclic) bond motifs is 1. The van der Waals surface area contributed by atoms with Crippen LogP contribution in [0.4, 0.5) is 0 Å². The van der Waals surface area contributed by atoms with Crippen LogP contribution in [0, 0.1) is 5.41 Å². The van der Waals surface area contributed by atoms with Gasteiger partial charge in [-0.15, -0.1) is 24.0 Å². The molecule has 0 fully saturated rings. The summed E-state index contributed by atoms with van der Waals surface area (Å²) in [5.74, 6) is 2.14. The number of aliphatic imine (C=N–C) groups is 1. The molecule has 1 atom stereocenters. The van der Waals surface area contributed by atoms with Crippen molar-refractivity contribution in [3.8, 4) is 0 Å². The number of hydrogen-bond donors (Lipinski definition) is 1. The van der Waals surface area contributed by atoms with Gasteiger partial charge in [-0.25, -0.2) is 0 Å². The molecule has 0 aliphatic carbocycles. The first-order valence-electron chi connectivity index (χ1n) is 8.27. The molecule has 1 aromatic carbocycles. The number of nitrogens with zero attached hydrogens (tertiary/aromatic N) is 2. The highest BCUT2D eigenvalue weighted by Gasteiger charge is 2.33. The normalized spacial score (nSPS) is 22.0. The van der Waals surface area contributed by atoms with Gasteiger partial charge in [-0.1, -0.05) is 44.2 Å². The molecule has 4 nitrogen and oxygen atoms in total. The smallest absolute Gasteiger partial charge is 0.194 e. The van der Waals surface area contributed by atoms with Crippen molar-refractivity contribution >= 4 is 29.9 Å². The Bertz CT molecular complexity index is 723. The van der Waals surface area contributed by atoms with Crippen molar-refractivity contribution in [2.45, 2.75) is 32.9 Å². The average molecular weight is 437 g/mol. The average Bonchev–Trinajstić information content (AvgIpc) is 3.15. The number of halogens is 1. The summed E-state index contributed by atoms with van der Waals surface area (Å²) in [5, 5.41) is 3.61. The second kappa shape index (κ2) is 6.78. The van der Waals surface area contributed by atoms with Crippen LogP contribution < -0.4 is 5.32 Å². The highest BCUT2D eigenvalue weighted by Crippen LogP contribution is 2.31. The third-order valence-corrected chi connectivity index (χ3v) is 4.69. The maximum absolute atomic E-state index is 5.69. The van der Waals surface area contributed by atoms with Gasteiger partial charge in [0.25, 0.3) is 0 Å². The first kappa shape index (κ1) is 17.3. The molecule has 1 unspecified atom stereocenters. The third kappa shape index (κ3) is 3.45. The summed E-state index contributed by atoms with van der Waals surface area (Å²) in [6.45, 7) is 7.23. The van der Waals surface area contributed by atoms with Gasteiger partial charge in [0.2, 0.25) is 0 Å². The van der Waals surface area contributed by atoms with Crippen molar-refractivity contribution < 1.29 is 4.42 Å². The van der Waals surface area contributed by atoms with Crippen LogP contribution in [0.5, 0.6) is 0 Å². The monoisotopic (exact) mass is 437 g/mol. The Morgan fingerprint density at radius 3 is 2.79 bits per heavy atom. The first-order valence-corrected chi connectivity index (χ1v) is 8.27. The van der Waals surface area contributed by atoms with E-state index in [2.05, 4.69) is 60.5 Å². The van der Waals surface area contributed by atoms with Gasteiger partial charge >= 0.3 is 0 Å². The number of guanidine groups is 1. The van der Waals surface area contributed by atoms with Crippen LogP contribution in [0.15, 0.2) is 52.1 Å². The van der Waals surface area contributed by atoms with Crippen molar-refractivity contribution in [3.63, 3.8) is 0 Å². The fourth-order valence-corrected chi connectivity index (χ4v) is 3.57. The van der Waals surface area contributed by atoms with Gasteiger partial charge in [-0.3, -0.25) is 4.99 Å². The van der Waals surface area contributed by atoms with E-state index in [1.165, 1.54) is 11.1 Å². The molecule has 2 aromatic rings. The second-order valence-corrected chi connectivity index (χ2v) is 7.34. The lowest BCUT2D eigenvalue weighted by Gasteiger charge is -2.31. The molecule has 2 aliphatic rings. The molecule has 0 saturated heterocycles. The Morgan fingerprint density at radius 1 is 1.21 bits per heavy atom. The molecule has 0 radical (unpaired) electrons. The summed E-state index contributed by atoms with van der Waals surface area (Å²) in [7, 11) is 0. The van der Waals surface area contributed by atoms with Crippen molar-refractivity contribution in [2.75, 3.05) is 13.1 Å². The zero-order chi connectivity index (χ0) is 15.9. The molecular weight excluding hydrogens is 413 g/mol. The molecule has 4 rings (SSSR count). The molecule has 0 amide bonds. The van der Waals surface area contributed by atoms with Crippen molar-refractivity contribution in [2.24, 2.45) is 10.4 Å². The predicted molar refractivity (Wildman–Crippen MR) is 107 cm³/mol. The molecule has 1 aromatic heterocycles. The van der Waals surface area contributed by atoms with Crippen LogP contribution in [-0.2, 0) is 13.0 Å². The summed E-state index contributed by atoms with van der Waals surface area (Å²) >= 11 is 0. The predicted octanol–water partition coefficient (Wildman–Crippen LogP) is 3.98. The van der Waals surface area contributed by atoms with E-state index in [9.17, 15) is 0 Å². The van der Waals surface area contributed by atoms with E-state index in [1.807, 2.05) is 0 Å². The zero-order valence-corrected chi connectivity index (χ0v) is 16.5. The number of benzene rings is 1. The summed E-state index contributed by atoms with van der Waals surface area (Å²) in [5.41, 5.74) is 2.74. The Morgan fingerprint density at radius 2 is 2.00 bits per heavy atom. The summed E-state index contributed by atoms with van der Waals surface area (Å²) < 4.78 is 5.69. The highest BCUT2D eigenvalue weighted by atomic mass is 127. The molecule has 24 heavy (non-hydrogen) atoms. The Labute approximate surface area is 160 Å². The molecular formula is C19H24IN3O. The lowest BCUT2D eigenvalue weighted by molar-refractivity contribution is 0.246. The van der Waals surface area contributed by atoms with E-state index in [0.717, 1.165) is 37.8 Å². The fraction of sp³-hybridized carbons (Fsp3) is 0.421. The molecule has 2 aliphatic heterocycles. The molecule has 0 bridgehead atoms. The number of rotatable bonds is 1. The van der Waals surface area contributed by atoms with Crippen LogP contribution in [0.3, 0.4) is 0 Å². The van der Waals surface area contributed by atoms with Gasteiger partial charge < -0.3 is 14.6 Å². The van der Waals surface area contributed by atoms with Gasteiger partial charge in [-0.05, 0) is 17.0 Å². The van der Waals surface area contributed by atoms with Gasteiger partial charge in [0, 0.05) is 25.1 Å². The number of furan rings is 1. The van der Waals surface area contributed by atoms with Crippen molar-refractivity contribution in [1.82, 2.24) is 10.2 Å².